The summed E-state index contributed by atoms with van der Waals surface area (Å²) in [4.78, 5) is 4.43. The molecule has 1 aliphatic carbocycles. The molecule has 0 saturated heterocycles. The summed E-state index contributed by atoms with van der Waals surface area (Å²) in [7, 11) is 1.71. The molecular formula is C16H23N3O. The van der Waals surface area contributed by atoms with Crippen molar-refractivity contribution in [3.8, 4) is 5.75 Å². The van der Waals surface area contributed by atoms with Gasteiger partial charge in [0.1, 0.15) is 5.75 Å². The van der Waals surface area contributed by atoms with Crippen LogP contribution in [0.1, 0.15) is 29.9 Å². The predicted molar refractivity (Wildman–Crippen MR) is 83.4 cm³/mol. The average molecular weight is 273 g/mol. The minimum atomic E-state index is 0.453. The van der Waals surface area contributed by atoms with E-state index in [4.69, 9.17) is 10.5 Å². The van der Waals surface area contributed by atoms with Crippen molar-refractivity contribution in [1.29, 1.82) is 0 Å². The second-order valence-corrected chi connectivity index (χ2v) is 5.05. The summed E-state index contributed by atoms with van der Waals surface area (Å²) < 4.78 is 5.29. The van der Waals surface area contributed by atoms with Crippen LogP contribution in [0.3, 0.4) is 0 Å². The summed E-state index contributed by atoms with van der Waals surface area (Å²) >= 11 is 0. The molecule has 0 radical (unpaired) electrons. The number of ether oxygens (including phenoxy) is 1. The van der Waals surface area contributed by atoms with E-state index >= 15 is 0 Å². The van der Waals surface area contributed by atoms with Crippen LogP contribution in [0.4, 0.5) is 0 Å². The molecule has 0 aromatic heterocycles. The zero-order chi connectivity index (χ0) is 14.4. The molecule has 0 amide bonds. The van der Waals surface area contributed by atoms with E-state index in [0.29, 0.717) is 18.4 Å². The second-order valence-electron chi connectivity index (χ2n) is 5.05. The Hall–Kier alpha value is -1.97. The molecule has 4 heteroatoms. The molecule has 4 nitrogen and oxygen atoms in total. The molecule has 1 unspecified atom stereocenters. The third-order valence-corrected chi connectivity index (χ3v) is 3.70. The van der Waals surface area contributed by atoms with Crippen molar-refractivity contribution in [3.63, 3.8) is 0 Å². The summed E-state index contributed by atoms with van der Waals surface area (Å²) in [6, 6.07) is 6.34. The second kappa shape index (κ2) is 6.98. The van der Waals surface area contributed by atoms with Gasteiger partial charge in [-0.05, 0) is 42.5 Å². The van der Waals surface area contributed by atoms with Crippen molar-refractivity contribution in [2.24, 2.45) is 10.7 Å². The molecule has 1 aromatic rings. The van der Waals surface area contributed by atoms with Crippen LogP contribution in [0.15, 0.2) is 35.8 Å². The number of aliphatic imine (C=N–C) groups is 1. The fourth-order valence-electron chi connectivity index (χ4n) is 2.65. The molecule has 108 valence electrons. The van der Waals surface area contributed by atoms with Crippen LogP contribution in [0.25, 0.3) is 0 Å². The van der Waals surface area contributed by atoms with Gasteiger partial charge in [-0.25, -0.2) is 0 Å². The standard InChI is InChI=1S/C16H23N3O/c1-3-9-18-16(17)19-11-13-6-4-5-12-10-14(20-2)7-8-15(12)13/h3,7-8,10,13H,1,4-6,9,11H2,2H3,(H3,17,18,19). The molecule has 0 spiro atoms. The highest BCUT2D eigenvalue weighted by atomic mass is 16.5. The Balaban J connectivity index is 2.06. The monoisotopic (exact) mass is 273 g/mol. The number of nitrogens with one attached hydrogen (secondary N) is 1. The lowest BCUT2D eigenvalue weighted by Gasteiger charge is -2.24. The topological polar surface area (TPSA) is 59.6 Å². The first kappa shape index (κ1) is 14.4. The minimum Gasteiger partial charge on any atom is -0.497 e. The van der Waals surface area contributed by atoms with E-state index in [0.717, 1.165) is 25.1 Å². The summed E-state index contributed by atoms with van der Waals surface area (Å²) in [5.41, 5.74) is 8.58. The van der Waals surface area contributed by atoms with Crippen LogP contribution >= 0.6 is 0 Å². The van der Waals surface area contributed by atoms with Gasteiger partial charge in [-0.2, -0.15) is 0 Å². The van der Waals surface area contributed by atoms with Crippen LogP contribution < -0.4 is 15.8 Å². The Labute approximate surface area is 120 Å². The first-order valence-corrected chi connectivity index (χ1v) is 7.06. The number of fused-ring (bicyclic) bond motifs is 1. The van der Waals surface area contributed by atoms with Gasteiger partial charge in [0.15, 0.2) is 5.96 Å². The fraction of sp³-hybridized carbons (Fsp3) is 0.438. The smallest absolute Gasteiger partial charge is 0.188 e. The Bertz CT molecular complexity index is 496. The van der Waals surface area contributed by atoms with E-state index in [1.165, 1.54) is 17.5 Å². The van der Waals surface area contributed by atoms with E-state index in [2.05, 4.69) is 29.0 Å². The molecule has 0 saturated carbocycles. The summed E-state index contributed by atoms with van der Waals surface area (Å²) in [5.74, 6) is 1.87. The van der Waals surface area contributed by atoms with Gasteiger partial charge in [-0.15, -0.1) is 6.58 Å². The van der Waals surface area contributed by atoms with Crippen molar-refractivity contribution >= 4 is 5.96 Å². The molecule has 0 heterocycles. The third-order valence-electron chi connectivity index (χ3n) is 3.70. The van der Waals surface area contributed by atoms with Crippen LogP contribution in [-0.4, -0.2) is 26.2 Å². The number of aryl methyl sites for hydroxylation is 1. The zero-order valence-corrected chi connectivity index (χ0v) is 12.1. The van der Waals surface area contributed by atoms with Gasteiger partial charge in [0.2, 0.25) is 0 Å². The third kappa shape index (κ3) is 3.53. The van der Waals surface area contributed by atoms with Gasteiger partial charge < -0.3 is 15.8 Å². The van der Waals surface area contributed by atoms with Crippen molar-refractivity contribution < 1.29 is 4.74 Å². The SMILES string of the molecule is C=CCNC(N)=NCC1CCCc2cc(OC)ccc21. The van der Waals surface area contributed by atoms with E-state index in [1.807, 2.05) is 6.07 Å². The van der Waals surface area contributed by atoms with Crippen molar-refractivity contribution in [1.82, 2.24) is 5.32 Å². The Kier molecular flexibility index (Phi) is 5.04. The molecule has 2 rings (SSSR count). The molecule has 0 bridgehead atoms. The lowest BCUT2D eigenvalue weighted by atomic mass is 9.83. The first-order valence-electron chi connectivity index (χ1n) is 7.06. The molecule has 1 aromatic carbocycles. The molecule has 0 aliphatic heterocycles. The molecule has 1 aliphatic rings. The molecular weight excluding hydrogens is 250 g/mol. The van der Waals surface area contributed by atoms with Crippen LogP contribution in [0, 0.1) is 0 Å². The van der Waals surface area contributed by atoms with Crippen LogP contribution in [0.5, 0.6) is 5.75 Å². The first-order chi connectivity index (χ1) is 9.74. The van der Waals surface area contributed by atoms with Gasteiger partial charge in [0.25, 0.3) is 0 Å². The summed E-state index contributed by atoms with van der Waals surface area (Å²) in [6.07, 6.45) is 5.25. The quantitative estimate of drug-likeness (QED) is 0.491. The number of benzene rings is 1. The summed E-state index contributed by atoms with van der Waals surface area (Å²) in [6.45, 7) is 5.02. The maximum atomic E-state index is 5.81. The number of hydrogen-bond acceptors (Lipinski definition) is 2. The van der Waals surface area contributed by atoms with E-state index in [9.17, 15) is 0 Å². The minimum absolute atomic E-state index is 0.453. The highest BCUT2D eigenvalue weighted by Gasteiger charge is 2.20. The highest BCUT2D eigenvalue weighted by Crippen LogP contribution is 2.33. The largest absolute Gasteiger partial charge is 0.497 e. The molecule has 0 fully saturated rings. The van der Waals surface area contributed by atoms with Crippen molar-refractivity contribution in [2.75, 3.05) is 20.2 Å². The maximum Gasteiger partial charge on any atom is 0.188 e. The maximum absolute atomic E-state index is 5.81. The van der Waals surface area contributed by atoms with E-state index in [-0.39, 0.29) is 0 Å². The van der Waals surface area contributed by atoms with Gasteiger partial charge in [-0.1, -0.05) is 12.1 Å². The van der Waals surface area contributed by atoms with Gasteiger partial charge in [0.05, 0.1) is 7.11 Å². The van der Waals surface area contributed by atoms with Crippen LogP contribution in [-0.2, 0) is 6.42 Å². The van der Waals surface area contributed by atoms with E-state index < -0.39 is 0 Å². The zero-order valence-electron chi connectivity index (χ0n) is 12.1. The van der Waals surface area contributed by atoms with Crippen LogP contribution in [0.2, 0.25) is 0 Å². The number of hydrogen-bond donors (Lipinski definition) is 2. The Morgan fingerprint density at radius 1 is 1.60 bits per heavy atom. The normalized spacial score (nSPS) is 18.2. The average Bonchev–Trinajstić information content (AvgIpc) is 2.50. The number of nitrogens with two attached hydrogens (primary N) is 1. The molecule has 3 N–H and O–H groups in total. The van der Waals surface area contributed by atoms with Gasteiger partial charge in [0, 0.05) is 19.0 Å². The fourth-order valence-corrected chi connectivity index (χ4v) is 2.65. The number of nitrogens with zero attached hydrogens (tertiary/aromatic N) is 1. The Morgan fingerprint density at radius 2 is 2.45 bits per heavy atom. The molecule has 1 atom stereocenters. The molecule has 20 heavy (non-hydrogen) atoms. The van der Waals surface area contributed by atoms with Gasteiger partial charge in [-0.3, -0.25) is 4.99 Å². The number of rotatable bonds is 5. The lowest BCUT2D eigenvalue weighted by Crippen LogP contribution is -2.32. The van der Waals surface area contributed by atoms with Gasteiger partial charge >= 0.3 is 0 Å². The Morgan fingerprint density at radius 3 is 3.20 bits per heavy atom. The summed E-state index contributed by atoms with van der Waals surface area (Å²) in [5, 5.41) is 3.00. The highest BCUT2D eigenvalue weighted by molar-refractivity contribution is 5.77. The van der Waals surface area contributed by atoms with E-state index in [1.54, 1.807) is 13.2 Å². The van der Waals surface area contributed by atoms with Crippen molar-refractivity contribution in [2.45, 2.75) is 25.2 Å². The van der Waals surface area contributed by atoms with Crippen molar-refractivity contribution in [3.05, 3.63) is 42.0 Å². The number of methoxy groups -OCH3 is 1. The lowest BCUT2D eigenvalue weighted by molar-refractivity contribution is 0.413. The predicted octanol–water partition coefficient (Wildman–Crippen LogP) is 2.21. The number of guanidine groups is 1.